The Hall–Kier alpha value is -1.29. The third-order valence-electron chi connectivity index (χ3n) is 2.97. The standard InChI is InChI=1S/C13H18N2OS/c1-3-4-5-8-15-12-7-6-10(16-2)9-11(12)14-13(15)17/h6-7,9H,3-5,8H2,1-2H3,(H,14,17). The molecule has 3 nitrogen and oxygen atoms in total. The van der Waals surface area contributed by atoms with Crippen LogP contribution < -0.4 is 4.74 Å². The maximum Gasteiger partial charge on any atom is 0.178 e. The summed E-state index contributed by atoms with van der Waals surface area (Å²) >= 11 is 5.35. The van der Waals surface area contributed by atoms with Gasteiger partial charge in [0.2, 0.25) is 0 Å². The fourth-order valence-electron chi connectivity index (χ4n) is 2.01. The highest BCUT2D eigenvalue weighted by molar-refractivity contribution is 7.71. The average Bonchev–Trinajstić information content (AvgIpc) is 2.65. The first-order chi connectivity index (χ1) is 8.26. The van der Waals surface area contributed by atoms with Crippen LogP contribution in [0.15, 0.2) is 18.2 Å². The van der Waals surface area contributed by atoms with E-state index in [-0.39, 0.29) is 0 Å². The summed E-state index contributed by atoms with van der Waals surface area (Å²) in [5.41, 5.74) is 2.21. The van der Waals surface area contributed by atoms with Crippen LogP contribution in [0.1, 0.15) is 26.2 Å². The average molecular weight is 250 g/mol. The van der Waals surface area contributed by atoms with Gasteiger partial charge in [-0.1, -0.05) is 19.8 Å². The zero-order valence-corrected chi connectivity index (χ0v) is 11.1. The minimum atomic E-state index is 0.796. The Labute approximate surface area is 106 Å². The molecule has 1 aromatic carbocycles. The minimum Gasteiger partial charge on any atom is -0.497 e. The van der Waals surface area contributed by atoms with Crippen molar-refractivity contribution in [3.05, 3.63) is 23.0 Å². The van der Waals surface area contributed by atoms with Crippen LogP contribution in [0.4, 0.5) is 0 Å². The van der Waals surface area contributed by atoms with Gasteiger partial charge in [0.15, 0.2) is 4.77 Å². The van der Waals surface area contributed by atoms with Crippen molar-refractivity contribution in [1.29, 1.82) is 0 Å². The first-order valence-electron chi connectivity index (χ1n) is 6.03. The largest absolute Gasteiger partial charge is 0.497 e. The molecule has 0 fully saturated rings. The maximum atomic E-state index is 5.35. The molecule has 1 N–H and O–H groups in total. The molecule has 0 unspecified atom stereocenters. The van der Waals surface area contributed by atoms with E-state index < -0.39 is 0 Å². The molecule has 0 bridgehead atoms. The summed E-state index contributed by atoms with van der Waals surface area (Å²) in [5, 5.41) is 0. The number of ether oxygens (including phenoxy) is 1. The normalized spacial score (nSPS) is 10.9. The number of hydrogen-bond acceptors (Lipinski definition) is 2. The maximum absolute atomic E-state index is 5.35. The Morgan fingerprint density at radius 2 is 2.18 bits per heavy atom. The summed E-state index contributed by atoms with van der Waals surface area (Å²) in [6, 6.07) is 6.02. The van der Waals surface area contributed by atoms with Gasteiger partial charge in [-0.25, -0.2) is 0 Å². The fourth-order valence-corrected chi connectivity index (χ4v) is 2.31. The summed E-state index contributed by atoms with van der Waals surface area (Å²) in [7, 11) is 1.67. The van der Waals surface area contributed by atoms with Gasteiger partial charge in [-0.2, -0.15) is 0 Å². The van der Waals surface area contributed by atoms with Gasteiger partial charge >= 0.3 is 0 Å². The molecular formula is C13H18N2OS. The molecule has 2 aromatic rings. The van der Waals surface area contributed by atoms with Crippen molar-refractivity contribution in [3.8, 4) is 5.75 Å². The fraction of sp³-hybridized carbons (Fsp3) is 0.462. The van der Waals surface area contributed by atoms with Crippen LogP contribution in [-0.4, -0.2) is 16.7 Å². The van der Waals surface area contributed by atoms with Gasteiger partial charge in [0, 0.05) is 12.6 Å². The number of rotatable bonds is 5. The van der Waals surface area contributed by atoms with Crippen molar-refractivity contribution in [2.75, 3.05) is 7.11 Å². The Morgan fingerprint density at radius 3 is 2.88 bits per heavy atom. The van der Waals surface area contributed by atoms with Gasteiger partial charge in [-0.15, -0.1) is 0 Å². The third kappa shape index (κ3) is 2.52. The minimum absolute atomic E-state index is 0.796. The molecule has 0 saturated carbocycles. The number of H-pyrrole nitrogens is 1. The Balaban J connectivity index is 2.35. The van der Waals surface area contributed by atoms with E-state index in [0.717, 1.165) is 28.1 Å². The van der Waals surface area contributed by atoms with E-state index in [1.54, 1.807) is 7.11 Å². The first-order valence-corrected chi connectivity index (χ1v) is 6.43. The molecule has 92 valence electrons. The van der Waals surface area contributed by atoms with Crippen LogP contribution in [0.2, 0.25) is 0 Å². The summed E-state index contributed by atoms with van der Waals surface area (Å²) < 4.78 is 8.17. The SMILES string of the molecule is CCCCCn1c(=S)[nH]c2cc(OC)ccc21. The van der Waals surface area contributed by atoms with E-state index in [1.807, 2.05) is 12.1 Å². The summed E-state index contributed by atoms with van der Waals surface area (Å²) in [5.74, 6) is 0.856. The predicted octanol–water partition coefficient (Wildman–Crippen LogP) is 3.90. The summed E-state index contributed by atoms with van der Waals surface area (Å²) in [6.45, 7) is 3.19. The summed E-state index contributed by atoms with van der Waals surface area (Å²) in [4.78, 5) is 3.23. The number of aromatic nitrogens is 2. The molecule has 4 heteroatoms. The Morgan fingerprint density at radius 1 is 1.35 bits per heavy atom. The van der Waals surface area contributed by atoms with Crippen LogP contribution in [0.5, 0.6) is 5.75 Å². The zero-order valence-electron chi connectivity index (χ0n) is 10.3. The number of imidazole rings is 1. The lowest BCUT2D eigenvalue weighted by Crippen LogP contribution is -1.97. The second-order valence-corrected chi connectivity index (χ2v) is 4.56. The van der Waals surface area contributed by atoms with Crippen molar-refractivity contribution in [2.45, 2.75) is 32.7 Å². The number of nitrogens with zero attached hydrogens (tertiary/aromatic N) is 1. The third-order valence-corrected chi connectivity index (χ3v) is 3.29. The molecule has 17 heavy (non-hydrogen) atoms. The number of benzene rings is 1. The lowest BCUT2D eigenvalue weighted by Gasteiger charge is -2.04. The molecule has 2 rings (SSSR count). The van der Waals surface area contributed by atoms with Crippen LogP contribution in [0.3, 0.4) is 0 Å². The van der Waals surface area contributed by atoms with Gasteiger partial charge in [-0.3, -0.25) is 0 Å². The molecule has 1 heterocycles. The van der Waals surface area contributed by atoms with E-state index >= 15 is 0 Å². The highest BCUT2D eigenvalue weighted by Crippen LogP contribution is 2.20. The van der Waals surface area contributed by atoms with Crippen LogP contribution >= 0.6 is 12.2 Å². The van der Waals surface area contributed by atoms with Crippen molar-refractivity contribution in [3.63, 3.8) is 0 Å². The Kier molecular flexibility index (Phi) is 3.84. The van der Waals surface area contributed by atoms with E-state index in [0.29, 0.717) is 0 Å². The second kappa shape index (κ2) is 5.36. The molecule has 0 aliphatic carbocycles. The number of aryl methyl sites for hydroxylation is 1. The van der Waals surface area contributed by atoms with Crippen molar-refractivity contribution in [1.82, 2.24) is 9.55 Å². The van der Waals surface area contributed by atoms with Gasteiger partial charge in [-0.05, 0) is 30.8 Å². The zero-order chi connectivity index (χ0) is 12.3. The lowest BCUT2D eigenvalue weighted by atomic mass is 10.2. The van der Waals surface area contributed by atoms with E-state index in [2.05, 4.69) is 22.5 Å². The van der Waals surface area contributed by atoms with Crippen molar-refractivity contribution >= 4 is 23.3 Å². The Bertz CT molecular complexity index is 556. The lowest BCUT2D eigenvalue weighted by molar-refractivity contribution is 0.415. The topological polar surface area (TPSA) is 29.9 Å². The van der Waals surface area contributed by atoms with Crippen LogP contribution in [0.25, 0.3) is 11.0 Å². The van der Waals surface area contributed by atoms with Crippen molar-refractivity contribution < 1.29 is 4.74 Å². The van der Waals surface area contributed by atoms with Crippen molar-refractivity contribution in [2.24, 2.45) is 0 Å². The van der Waals surface area contributed by atoms with Gasteiger partial charge in [0.05, 0.1) is 18.1 Å². The first kappa shape index (κ1) is 12.2. The van der Waals surface area contributed by atoms with E-state index in [1.165, 1.54) is 19.3 Å². The molecular weight excluding hydrogens is 232 g/mol. The number of nitrogens with one attached hydrogen (secondary N) is 1. The van der Waals surface area contributed by atoms with E-state index in [4.69, 9.17) is 17.0 Å². The molecule has 0 atom stereocenters. The molecule has 0 aliphatic heterocycles. The molecule has 0 spiro atoms. The molecule has 0 aliphatic rings. The quantitative estimate of drug-likeness (QED) is 0.644. The summed E-state index contributed by atoms with van der Waals surface area (Å²) in [6.07, 6.45) is 3.64. The van der Waals surface area contributed by atoms with Crippen LogP contribution in [-0.2, 0) is 6.54 Å². The monoisotopic (exact) mass is 250 g/mol. The van der Waals surface area contributed by atoms with Gasteiger partial charge in [0.25, 0.3) is 0 Å². The number of methoxy groups -OCH3 is 1. The molecule has 0 radical (unpaired) electrons. The highest BCUT2D eigenvalue weighted by Gasteiger charge is 2.04. The smallest absolute Gasteiger partial charge is 0.178 e. The second-order valence-electron chi connectivity index (χ2n) is 4.17. The van der Waals surface area contributed by atoms with Gasteiger partial charge in [0.1, 0.15) is 5.75 Å². The molecule has 0 amide bonds. The number of aromatic amines is 1. The molecule has 0 saturated heterocycles. The number of hydrogen-bond donors (Lipinski definition) is 1. The van der Waals surface area contributed by atoms with Crippen LogP contribution in [0, 0.1) is 4.77 Å². The number of unbranched alkanes of at least 4 members (excludes halogenated alkanes) is 2. The highest BCUT2D eigenvalue weighted by atomic mass is 32.1. The predicted molar refractivity (Wildman–Crippen MR) is 73.2 cm³/mol. The van der Waals surface area contributed by atoms with Gasteiger partial charge < -0.3 is 14.3 Å². The number of fused-ring (bicyclic) bond motifs is 1. The molecule has 1 aromatic heterocycles. The van der Waals surface area contributed by atoms with E-state index in [9.17, 15) is 0 Å².